The van der Waals surface area contributed by atoms with E-state index in [1.165, 1.54) is 18.4 Å². The van der Waals surface area contributed by atoms with Gasteiger partial charge in [0.2, 0.25) is 0 Å². The second-order valence-electron chi connectivity index (χ2n) is 3.83. The zero-order valence-corrected chi connectivity index (χ0v) is 7.53. The molecule has 0 aromatic heterocycles. The fourth-order valence-electron chi connectivity index (χ4n) is 2.46. The SMILES string of the molecule is C1=C2CCC(=C1)C2c1ccccc1. The van der Waals surface area contributed by atoms with Crippen LogP contribution in [0, 0.1) is 0 Å². The molecule has 0 heterocycles. The molecule has 3 rings (SSSR count). The van der Waals surface area contributed by atoms with Gasteiger partial charge in [0.15, 0.2) is 0 Å². The molecule has 0 aliphatic heterocycles. The van der Waals surface area contributed by atoms with Crippen LogP contribution < -0.4 is 0 Å². The molecule has 0 radical (unpaired) electrons. The summed E-state index contributed by atoms with van der Waals surface area (Å²) in [5, 5.41) is 0. The van der Waals surface area contributed by atoms with Gasteiger partial charge in [-0.25, -0.2) is 0 Å². The van der Waals surface area contributed by atoms with E-state index in [1.807, 2.05) is 0 Å². The molecule has 0 N–H and O–H groups in total. The summed E-state index contributed by atoms with van der Waals surface area (Å²) in [4.78, 5) is 0. The molecule has 13 heavy (non-hydrogen) atoms. The normalized spacial score (nSPS) is 20.3. The minimum absolute atomic E-state index is 0.640. The van der Waals surface area contributed by atoms with Gasteiger partial charge >= 0.3 is 0 Å². The van der Waals surface area contributed by atoms with Crippen LogP contribution in [-0.4, -0.2) is 0 Å². The Kier molecular flexibility index (Phi) is 1.42. The van der Waals surface area contributed by atoms with Gasteiger partial charge < -0.3 is 0 Å². The van der Waals surface area contributed by atoms with Crippen molar-refractivity contribution in [3.63, 3.8) is 0 Å². The Morgan fingerprint density at radius 3 is 2.00 bits per heavy atom. The van der Waals surface area contributed by atoms with Crippen molar-refractivity contribution in [1.82, 2.24) is 0 Å². The molecule has 1 saturated carbocycles. The molecular formula is C13H12. The van der Waals surface area contributed by atoms with Gasteiger partial charge in [0, 0.05) is 5.92 Å². The molecule has 0 nitrogen and oxygen atoms in total. The monoisotopic (exact) mass is 168 g/mol. The number of fused-ring (bicyclic) bond motifs is 2. The van der Waals surface area contributed by atoms with Crippen molar-refractivity contribution >= 4 is 0 Å². The first-order valence-corrected chi connectivity index (χ1v) is 4.89. The van der Waals surface area contributed by atoms with Crippen LogP contribution in [0.4, 0.5) is 0 Å². The number of hydrogen-bond acceptors (Lipinski definition) is 0. The van der Waals surface area contributed by atoms with Crippen molar-refractivity contribution in [2.75, 3.05) is 0 Å². The Balaban J connectivity index is 2.05. The average Bonchev–Trinajstić information content (AvgIpc) is 2.78. The molecule has 0 spiro atoms. The van der Waals surface area contributed by atoms with Gasteiger partial charge in [0.05, 0.1) is 0 Å². The summed E-state index contributed by atoms with van der Waals surface area (Å²) >= 11 is 0. The van der Waals surface area contributed by atoms with E-state index in [1.54, 1.807) is 11.1 Å². The third-order valence-electron chi connectivity index (χ3n) is 3.09. The standard InChI is InChI=1S/C13H12/c1-2-4-10(5-3-1)13-11-6-7-12(13)9-8-11/h1-7,13H,8-9H2. The summed E-state index contributed by atoms with van der Waals surface area (Å²) in [6.07, 6.45) is 7.17. The number of allylic oxidation sites excluding steroid dienone is 4. The first-order valence-electron chi connectivity index (χ1n) is 4.89. The highest BCUT2D eigenvalue weighted by Gasteiger charge is 2.29. The molecule has 0 atom stereocenters. The summed E-state index contributed by atoms with van der Waals surface area (Å²) < 4.78 is 0. The van der Waals surface area contributed by atoms with E-state index in [2.05, 4.69) is 42.5 Å². The molecule has 64 valence electrons. The Hall–Kier alpha value is -1.30. The first kappa shape index (κ1) is 7.14. The van der Waals surface area contributed by atoms with E-state index in [9.17, 15) is 0 Å². The highest BCUT2D eigenvalue weighted by molar-refractivity contribution is 5.50. The maximum absolute atomic E-state index is 2.30. The number of hydrogen-bond donors (Lipinski definition) is 0. The summed E-state index contributed by atoms with van der Waals surface area (Å²) in [5.41, 5.74) is 4.69. The van der Waals surface area contributed by atoms with Gasteiger partial charge in [0.1, 0.15) is 0 Å². The predicted molar refractivity (Wildman–Crippen MR) is 54.6 cm³/mol. The summed E-state index contributed by atoms with van der Waals surface area (Å²) in [5.74, 6) is 0.640. The van der Waals surface area contributed by atoms with Gasteiger partial charge in [-0.05, 0) is 18.4 Å². The summed E-state index contributed by atoms with van der Waals surface area (Å²) in [6.45, 7) is 0. The molecule has 1 aromatic rings. The Morgan fingerprint density at radius 2 is 1.46 bits per heavy atom. The smallest absolute Gasteiger partial charge is 0.0264 e. The highest BCUT2D eigenvalue weighted by atomic mass is 14.3. The maximum atomic E-state index is 2.30. The van der Waals surface area contributed by atoms with Crippen LogP contribution in [0.25, 0.3) is 0 Å². The lowest BCUT2D eigenvalue weighted by Gasteiger charge is -2.10. The van der Waals surface area contributed by atoms with E-state index in [4.69, 9.17) is 0 Å². The second-order valence-corrected chi connectivity index (χ2v) is 3.83. The molecular weight excluding hydrogens is 156 g/mol. The minimum Gasteiger partial charge on any atom is -0.0622 e. The second kappa shape index (κ2) is 2.59. The van der Waals surface area contributed by atoms with Crippen LogP contribution in [0.15, 0.2) is 53.6 Å². The fourth-order valence-corrected chi connectivity index (χ4v) is 2.46. The van der Waals surface area contributed by atoms with Crippen molar-refractivity contribution in [2.24, 2.45) is 0 Å². The van der Waals surface area contributed by atoms with E-state index in [0.717, 1.165) is 0 Å². The van der Waals surface area contributed by atoms with Crippen molar-refractivity contribution < 1.29 is 0 Å². The van der Waals surface area contributed by atoms with E-state index in [-0.39, 0.29) is 0 Å². The lowest BCUT2D eigenvalue weighted by Crippen LogP contribution is -1.93. The van der Waals surface area contributed by atoms with E-state index >= 15 is 0 Å². The van der Waals surface area contributed by atoms with Crippen molar-refractivity contribution in [3.8, 4) is 0 Å². The van der Waals surface area contributed by atoms with Crippen molar-refractivity contribution in [3.05, 3.63) is 59.2 Å². The Morgan fingerprint density at radius 1 is 0.846 bits per heavy atom. The quantitative estimate of drug-likeness (QED) is 0.602. The molecule has 0 unspecified atom stereocenters. The minimum atomic E-state index is 0.640. The van der Waals surface area contributed by atoms with Gasteiger partial charge in [-0.15, -0.1) is 0 Å². The molecule has 2 bridgehead atoms. The fraction of sp³-hybridized carbons (Fsp3) is 0.231. The zero-order valence-electron chi connectivity index (χ0n) is 7.53. The van der Waals surface area contributed by atoms with E-state index < -0.39 is 0 Å². The van der Waals surface area contributed by atoms with Gasteiger partial charge in [-0.3, -0.25) is 0 Å². The molecule has 0 saturated heterocycles. The largest absolute Gasteiger partial charge is 0.0622 e. The third kappa shape index (κ3) is 0.983. The zero-order chi connectivity index (χ0) is 8.67. The molecule has 0 amide bonds. The summed E-state index contributed by atoms with van der Waals surface area (Å²) in [7, 11) is 0. The number of rotatable bonds is 1. The molecule has 0 heteroatoms. The molecule has 1 aromatic carbocycles. The van der Waals surface area contributed by atoms with Gasteiger partial charge in [-0.2, -0.15) is 0 Å². The van der Waals surface area contributed by atoms with Crippen LogP contribution in [0.3, 0.4) is 0 Å². The topological polar surface area (TPSA) is 0 Å². The highest BCUT2D eigenvalue weighted by Crippen LogP contribution is 2.47. The van der Waals surface area contributed by atoms with Gasteiger partial charge in [-0.1, -0.05) is 53.6 Å². The lowest BCUT2D eigenvalue weighted by atomic mass is 9.94. The molecule has 1 fully saturated rings. The Bertz CT molecular complexity index is 362. The van der Waals surface area contributed by atoms with Crippen LogP contribution in [-0.2, 0) is 0 Å². The van der Waals surface area contributed by atoms with Gasteiger partial charge in [0.25, 0.3) is 0 Å². The molecule has 2 aliphatic carbocycles. The third-order valence-corrected chi connectivity index (χ3v) is 3.09. The lowest BCUT2D eigenvalue weighted by molar-refractivity contribution is 1.01. The molecule has 2 aliphatic rings. The van der Waals surface area contributed by atoms with Crippen molar-refractivity contribution in [2.45, 2.75) is 18.8 Å². The average molecular weight is 168 g/mol. The van der Waals surface area contributed by atoms with Crippen molar-refractivity contribution in [1.29, 1.82) is 0 Å². The van der Waals surface area contributed by atoms with Crippen LogP contribution >= 0.6 is 0 Å². The maximum Gasteiger partial charge on any atom is 0.0264 e. The number of benzene rings is 1. The first-order chi connectivity index (χ1) is 6.45. The Labute approximate surface area is 78.6 Å². The predicted octanol–water partition coefficient (Wildman–Crippen LogP) is 3.43. The van der Waals surface area contributed by atoms with Crippen LogP contribution in [0.5, 0.6) is 0 Å². The van der Waals surface area contributed by atoms with Crippen LogP contribution in [0.2, 0.25) is 0 Å². The summed E-state index contributed by atoms with van der Waals surface area (Å²) in [6, 6.07) is 10.8. The van der Waals surface area contributed by atoms with E-state index in [0.29, 0.717) is 5.92 Å². The van der Waals surface area contributed by atoms with Crippen LogP contribution in [0.1, 0.15) is 24.3 Å².